The van der Waals surface area contributed by atoms with Gasteiger partial charge in [0.15, 0.2) is 34.6 Å². The molecule has 5 heterocycles. The van der Waals surface area contributed by atoms with Gasteiger partial charge in [-0.2, -0.15) is 55.2 Å². The third-order valence-corrected chi connectivity index (χ3v) is 9.60. The van der Waals surface area contributed by atoms with Crippen molar-refractivity contribution >= 4 is 46.9 Å². The van der Waals surface area contributed by atoms with Crippen molar-refractivity contribution in [3.05, 3.63) is 93.6 Å². The Balaban J connectivity index is 1.32. The van der Waals surface area contributed by atoms with Gasteiger partial charge in [0.25, 0.3) is 11.9 Å². The molecule has 0 amide bonds. The molecule has 7 rings (SSSR count). The first-order valence-corrected chi connectivity index (χ1v) is 19.6. The summed E-state index contributed by atoms with van der Waals surface area (Å²) in [5.74, 6) is -1.28. The van der Waals surface area contributed by atoms with E-state index in [9.17, 15) is 25.2 Å². The van der Waals surface area contributed by atoms with Crippen molar-refractivity contribution in [3.63, 3.8) is 0 Å². The zero-order chi connectivity index (χ0) is 47.1. The number of azo groups is 2. The lowest BCUT2D eigenvalue weighted by Crippen LogP contribution is -2.16. The Hall–Kier alpha value is -8.99. The topological polar surface area (TPSA) is 323 Å². The maximum Gasteiger partial charge on any atom is 0.337 e. The minimum Gasteiger partial charge on any atom is -0.479 e. The van der Waals surface area contributed by atoms with E-state index in [0.717, 1.165) is 20.5 Å². The van der Waals surface area contributed by atoms with Crippen molar-refractivity contribution < 1.29 is 19.4 Å². The van der Waals surface area contributed by atoms with E-state index in [0.29, 0.717) is 23.4 Å². The van der Waals surface area contributed by atoms with Crippen LogP contribution in [0.1, 0.15) is 95.9 Å². The Labute approximate surface area is 370 Å². The first-order valence-electron chi connectivity index (χ1n) is 19.6. The summed E-state index contributed by atoms with van der Waals surface area (Å²) in [6, 6.07) is 13.4. The second kappa shape index (κ2) is 16.7. The number of ether oxygens (including phenoxy) is 1. The number of nitriles is 2. The first kappa shape index (κ1) is 44.1. The predicted octanol–water partition coefficient (Wildman–Crippen LogP) is 6.87. The van der Waals surface area contributed by atoms with Crippen LogP contribution >= 0.6 is 0 Å². The van der Waals surface area contributed by atoms with Crippen molar-refractivity contribution in [3.8, 4) is 41.4 Å². The van der Waals surface area contributed by atoms with Gasteiger partial charge in [0.05, 0.1) is 47.8 Å². The summed E-state index contributed by atoms with van der Waals surface area (Å²) in [6.45, 7) is 15.1. The van der Waals surface area contributed by atoms with Crippen LogP contribution in [0.2, 0.25) is 0 Å². The summed E-state index contributed by atoms with van der Waals surface area (Å²) in [4.78, 5) is 37.0. The minimum atomic E-state index is -0.738. The van der Waals surface area contributed by atoms with Gasteiger partial charge in [-0.05, 0) is 55.3 Å². The van der Waals surface area contributed by atoms with Gasteiger partial charge in [0.1, 0.15) is 29.6 Å². The molecular weight excluding hydrogens is 835 g/mol. The number of carbonyl (C=O) groups is 2. The molecule has 0 fully saturated rings. The largest absolute Gasteiger partial charge is 0.479 e. The van der Waals surface area contributed by atoms with Crippen LogP contribution in [0.15, 0.2) is 69.2 Å². The standard InChI is InChI=1S/C42H41N19O4/c1-21-10-22(2)12-27(11-21)58-35(25(16-43)18-47-58)54-52-29-31(41(3,4)5)56-60(33(29)45)38-49-39(51-40(64)50-38)61-34(46)30(32(57-61)42(6,7)8)53-55-36-26(17-44)19-48-59(36)28-14-23(20-62)13-24(15-28)37(63)65-9/h10-15,18-20H,45-46H2,1-9H3,(H,49,50,51,64). The Bertz CT molecular complexity index is 3170. The van der Waals surface area contributed by atoms with E-state index in [4.69, 9.17) is 21.3 Å². The van der Waals surface area contributed by atoms with Gasteiger partial charge in [-0.15, -0.1) is 20.5 Å². The van der Waals surface area contributed by atoms with Crippen LogP contribution in [0.25, 0.3) is 23.3 Å². The van der Waals surface area contributed by atoms with Crippen LogP contribution in [-0.4, -0.2) is 78.5 Å². The molecule has 0 unspecified atom stereocenters. The highest BCUT2D eigenvalue weighted by molar-refractivity contribution is 5.92. The number of aldehydes is 1. The summed E-state index contributed by atoms with van der Waals surface area (Å²) in [7, 11) is 1.20. The number of hydrogen-bond acceptors (Lipinski definition) is 19. The third-order valence-electron chi connectivity index (χ3n) is 9.60. The van der Waals surface area contributed by atoms with Gasteiger partial charge in [0, 0.05) is 16.4 Å². The second-order valence-corrected chi connectivity index (χ2v) is 16.7. The van der Waals surface area contributed by atoms with E-state index in [2.05, 4.69) is 56.8 Å². The van der Waals surface area contributed by atoms with Gasteiger partial charge in [-0.1, -0.05) is 47.6 Å². The predicted molar refractivity (Wildman–Crippen MR) is 233 cm³/mol. The molecule has 0 bridgehead atoms. The lowest BCUT2D eigenvalue weighted by Gasteiger charge is -2.15. The highest BCUT2D eigenvalue weighted by Crippen LogP contribution is 2.40. The third kappa shape index (κ3) is 8.48. The fourth-order valence-corrected chi connectivity index (χ4v) is 6.63. The molecule has 5 aromatic heterocycles. The van der Waals surface area contributed by atoms with Crippen LogP contribution in [0.4, 0.5) is 34.6 Å². The van der Waals surface area contributed by atoms with E-state index in [1.54, 1.807) is 0 Å². The van der Waals surface area contributed by atoms with Crippen LogP contribution in [0.3, 0.4) is 0 Å². The Morgan fingerprint density at radius 3 is 1.58 bits per heavy atom. The summed E-state index contributed by atoms with van der Waals surface area (Å²) in [5, 5.41) is 66.7. The zero-order valence-corrected chi connectivity index (χ0v) is 36.6. The van der Waals surface area contributed by atoms with Crippen molar-refractivity contribution in [2.45, 2.75) is 66.2 Å². The molecule has 0 atom stereocenters. The molecule has 0 aliphatic carbocycles. The van der Waals surface area contributed by atoms with Crippen molar-refractivity contribution in [1.82, 2.24) is 54.1 Å². The molecule has 0 saturated heterocycles. The number of aryl methyl sites for hydroxylation is 2. The molecule has 0 saturated carbocycles. The van der Waals surface area contributed by atoms with Gasteiger partial charge >= 0.3 is 12.0 Å². The quantitative estimate of drug-likeness (QED) is 0.0717. The number of carbonyl (C=O) groups excluding carboxylic acids is 2. The van der Waals surface area contributed by atoms with Gasteiger partial charge in [-0.25, -0.2) is 14.2 Å². The van der Waals surface area contributed by atoms with Crippen LogP contribution < -0.4 is 11.5 Å². The van der Waals surface area contributed by atoms with Crippen LogP contribution in [-0.2, 0) is 15.6 Å². The average molecular weight is 876 g/mol. The van der Waals surface area contributed by atoms with E-state index in [1.807, 2.05) is 79.7 Å². The summed E-state index contributed by atoms with van der Waals surface area (Å²) in [6.07, 6.45) is 3.19. The molecule has 23 heteroatoms. The lowest BCUT2D eigenvalue weighted by molar-refractivity contribution is 0.0600. The maximum absolute atomic E-state index is 12.4. The van der Waals surface area contributed by atoms with Crippen LogP contribution in [0, 0.1) is 36.5 Å². The molecule has 2 aromatic carbocycles. The molecule has 0 aliphatic rings. The highest BCUT2D eigenvalue weighted by Gasteiger charge is 2.31. The monoisotopic (exact) mass is 875 g/mol. The summed E-state index contributed by atoms with van der Waals surface area (Å²) < 4.78 is 9.86. The number of rotatable bonds is 10. The number of aromatic nitrogens is 11. The molecule has 23 nitrogen and oxygen atoms in total. The number of benzene rings is 2. The number of nitrogen functional groups attached to an aromatic ring is 2. The molecule has 328 valence electrons. The minimum absolute atomic E-state index is 0.00279. The zero-order valence-electron chi connectivity index (χ0n) is 36.6. The average Bonchev–Trinajstić information content (AvgIpc) is 4.03. The molecule has 7 aromatic rings. The lowest BCUT2D eigenvalue weighted by atomic mass is 9.91. The van der Waals surface area contributed by atoms with E-state index < -0.39 is 22.8 Å². The smallest absolute Gasteiger partial charge is 0.337 e. The molecule has 0 aliphatic heterocycles. The number of nitrogens with two attached hydrogens (primary N) is 2. The molecule has 5 N–H and O–H groups in total. The summed E-state index contributed by atoms with van der Waals surface area (Å²) in [5.41, 5.74) is 16.2. The highest BCUT2D eigenvalue weighted by atomic mass is 16.5. The van der Waals surface area contributed by atoms with Gasteiger partial charge in [0.2, 0.25) is 0 Å². The molecule has 0 radical (unpaired) electrons. The number of hydrogen-bond donors (Lipinski definition) is 3. The number of esters is 1. The number of aromatic hydroxyl groups is 1. The number of anilines is 2. The van der Waals surface area contributed by atoms with E-state index in [1.165, 1.54) is 47.1 Å². The first-order chi connectivity index (χ1) is 30.8. The second-order valence-electron chi connectivity index (χ2n) is 16.7. The maximum atomic E-state index is 12.4. The van der Waals surface area contributed by atoms with E-state index >= 15 is 0 Å². The fourth-order valence-electron chi connectivity index (χ4n) is 6.63. The Morgan fingerprint density at radius 1 is 0.708 bits per heavy atom. The van der Waals surface area contributed by atoms with Gasteiger partial charge < -0.3 is 21.3 Å². The van der Waals surface area contributed by atoms with Crippen molar-refractivity contribution in [2.75, 3.05) is 18.6 Å². The number of methoxy groups -OCH3 is 1. The molecule has 0 spiro atoms. The molecule has 65 heavy (non-hydrogen) atoms. The normalized spacial score (nSPS) is 11.9. The van der Waals surface area contributed by atoms with Crippen molar-refractivity contribution in [1.29, 1.82) is 10.5 Å². The Kier molecular flexibility index (Phi) is 11.3. The molecular formula is C42H41N19O4. The van der Waals surface area contributed by atoms with Crippen molar-refractivity contribution in [2.24, 2.45) is 20.5 Å². The fraction of sp³-hybridized carbons (Fsp3) is 0.262. The summed E-state index contributed by atoms with van der Waals surface area (Å²) >= 11 is 0. The van der Waals surface area contributed by atoms with E-state index in [-0.39, 0.29) is 74.5 Å². The Morgan fingerprint density at radius 2 is 1.17 bits per heavy atom. The SMILES string of the molecule is COC(=O)c1cc(C=O)cc(-n2ncc(C#N)c2N=Nc2c(C(C)(C)C)nn(-c3nc(O)nc(-n4nc(C(C)(C)C)c(N=Nc5c(C#N)cnn5-c5cc(C)cc(C)c5)c4N)n3)c2N)c1. The number of nitrogens with zero attached hydrogens (tertiary/aromatic N) is 17. The van der Waals surface area contributed by atoms with Crippen LogP contribution in [0.5, 0.6) is 6.01 Å². The van der Waals surface area contributed by atoms with Gasteiger partial charge in [-0.3, -0.25) is 4.79 Å².